The van der Waals surface area contributed by atoms with Crippen LogP contribution in [0.1, 0.15) is 39.3 Å². The van der Waals surface area contributed by atoms with Crippen molar-refractivity contribution in [1.82, 2.24) is 14.5 Å². The maximum absolute atomic E-state index is 13.1. The van der Waals surface area contributed by atoms with E-state index in [0.29, 0.717) is 33.0 Å². The molecule has 0 fully saturated rings. The number of aromatic carboxylic acids is 1. The van der Waals surface area contributed by atoms with Crippen molar-refractivity contribution in [2.24, 2.45) is 0 Å². The molecule has 1 aromatic carbocycles. The van der Waals surface area contributed by atoms with Gasteiger partial charge in [-0.2, -0.15) is 0 Å². The first-order chi connectivity index (χ1) is 15.9. The third-order valence-electron chi connectivity index (χ3n) is 5.16. The SMILES string of the molecule is COc1cc(CC#Cc2cc3c(=O)n(C(C)c4ccc(C(=O)O)cc4)c(=O)[nH]c3s2)ccn1. The number of carboxylic acid groups (broad SMARTS) is 1. The molecule has 9 heteroatoms. The molecular formula is C24H19N3O5S. The molecule has 33 heavy (non-hydrogen) atoms. The van der Waals surface area contributed by atoms with E-state index in [2.05, 4.69) is 21.8 Å². The number of hydrogen-bond acceptors (Lipinski definition) is 6. The Balaban J connectivity index is 1.64. The number of rotatable bonds is 5. The number of ether oxygens (including phenoxy) is 1. The second kappa shape index (κ2) is 9.14. The first kappa shape index (κ1) is 22.0. The van der Waals surface area contributed by atoms with Crippen LogP contribution in [0.2, 0.25) is 0 Å². The molecule has 4 aromatic rings. The minimum absolute atomic E-state index is 0.133. The van der Waals surface area contributed by atoms with Crippen molar-refractivity contribution in [3.63, 3.8) is 0 Å². The van der Waals surface area contributed by atoms with Crippen LogP contribution in [0.15, 0.2) is 58.3 Å². The fourth-order valence-electron chi connectivity index (χ4n) is 3.39. The molecule has 2 N–H and O–H groups in total. The second-order valence-corrected chi connectivity index (χ2v) is 8.30. The summed E-state index contributed by atoms with van der Waals surface area (Å²) in [4.78, 5) is 44.8. The summed E-state index contributed by atoms with van der Waals surface area (Å²) in [5, 5.41) is 9.44. The highest BCUT2D eigenvalue weighted by Crippen LogP contribution is 2.21. The first-order valence-electron chi connectivity index (χ1n) is 9.97. The summed E-state index contributed by atoms with van der Waals surface area (Å²) in [6.45, 7) is 1.72. The Bertz CT molecular complexity index is 1520. The average molecular weight is 461 g/mol. The van der Waals surface area contributed by atoms with Crippen molar-refractivity contribution in [2.45, 2.75) is 19.4 Å². The number of fused-ring (bicyclic) bond motifs is 1. The summed E-state index contributed by atoms with van der Waals surface area (Å²) in [5.74, 6) is 5.59. The number of carbonyl (C=O) groups is 1. The third-order valence-corrected chi connectivity index (χ3v) is 6.13. The standard InChI is InChI=1S/C24H19N3O5S/c1-14(16-6-8-17(9-7-16)23(29)30)27-22(28)19-13-18(33-21(19)26-24(27)31)5-3-4-15-10-11-25-20(12-15)32-2/h6-14H,4H2,1-2H3,(H,26,31)(H,29,30). The van der Waals surface area contributed by atoms with E-state index in [1.807, 2.05) is 6.07 Å². The topological polar surface area (TPSA) is 114 Å². The van der Waals surface area contributed by atoms with Gasteiger partial charge in [-0.1, -0.05) is 24.0 Å². The van der Waals surface area contributed by atoms with Gasteiger partial charge in [0.15, 0.2) is 0 Å². The van der Waals surface area contributed by atoms with E-state index in [1.165, 1.54) is 23.5 Å². The maximum Gasteiger partial charge on any atom is 0.335 e. The number of aromatic nitrogens is 3. The lowest BCUT2D eigenvalue weighted by Gasteiger charge is -2.14. The largest absolute Gasteiger partial charge is 0.481 e. The summed E-state index contributed by atoms with van der Waals surface area (Å²) in [5.41, 5.74) is 0.775. The number of methoxy groups -OCH3 is 1. The van der Waals surface area contributed by atoms with Gasteiger partial charge < -0.3 is 9.84 Å². The van der Waals surface area contributed by atoms with Crippen LogP contribution in [-0.2, 0) is 6.42 Å². The molecule has 166 valence electrons. The maximum atomic E-state index is 13.1. The van der Waals surface area contributed by atoms with Gasteiger partial charge in [0.05, 0.1) is 29.0 Å². The quantitative estimate of drug-likeness (QED) is 0.442. The summed E-state index contributed by atoms with van der Waals surface area (Å²) in [7, 11) is 1.55. The molecule has 0 aliphatic rings. The lowest BCUT2D eigenvalue weighted by Crippen LogP contribution is -2.37. The molecule has 1 atom stereocenters. The smallest absolute Gasteiger partial charge is 0.335 e. The fourth-order valence-corrected chi connectivity index (χ4v) is 4.31. The van der Waals surface area contributed by atoms with Crippen LogP contribution in [0.3, 0.4) is 0 Å². The van der Waals surface area contributed by atoms with Crippen molar-refractivity contribution in [3.8, 4) is 17.7 Å². The van der Waals surface area contributed by atoms with Crippen LogP contribution >= 0.6 is 11.3 Å². The molecule has 3 aromatic heterocycles. The summed E-state index contributed by atoms with van der Waals surface area (Å²) in [6.07, 6.45) is 2.14. The first-order valence-corrected chi connectivity index (χ1v) is 10.8. The second-order valence-electron chi connectivity index (χ2n) is 7.25. The Kier molecular flexibility index (Phi) is 6.11. The van der Waals surface area contributed by atoms with E-state index in [0.717, 1.165) is 10.1 Å². The predicted octanol–water partition coefficient (Wildman–Crippen LogP) is 3.06. The van der Waals surface area contributed by atoms with E-state index in [-0.39, 0.29) is 5.56 Å². The molecule has 0 aliphatic carbocycles. The third kappa shape index (κ3) is 4.56. The van der Waals surface area contributed by atoms with Gasteiger partial charge in [-0.25, -0.2) is 14.6 Å². The van der Waals surface area contributed by atoms with Crippen LogP contribution in [0.4, 0.5) is 0 Å². The van der Waals surface area contributed by atoms with Crippen LogP contribution in [0, 0.1) is 11.8 Å². The number of thiophene rings is 1. The van der Waals surface area contributed by atoms with Gasteiger partial charge in [-0.3, -0.25) is 14.3 Å². The number of benzene rings is 1. The Hall–Kier alpha value is -4.16. The lowest BCUT2D eigenvalue weighted by molar-refractivity contribution is 0.0697. The minimum Gasteiger partial charge on any atom is -0.481 e. The lowest BCUT2D eigenvalue weighted by atomic mass is 10.1. The number of H-pyrrole nitrogens is 1. The van der Waals surface area contributed by atoms with Gasteiger partial charge in [0.25, 0.3) is 5.56 Å². The fraction of sp³-hybridized carbons (Fsp3) is 0.167. The van der Waals surface area contributed by atoms with Crippen LogP contribution in [0.25, 0.3) is 10.2 Å². The Labute approximate surface area is 192 Å². The summed E-state index contributed by atoms with van der Waals surface area (Å²) < 4.78 is 6.24. The Morgan fingerprint density at radius 3 is 2.70 bits per heavy atom. The number of hydrogen-bond donors (Lipinski definition) is 2. The minimum atomic E-state index is -1.04. The zero-order valence-electron chi connectivity index (χ0n) is 17.8. The highest BCUT2D eigenvalue weighted by Gasteiger charge is 2.17. The zero-order chi connectivity index (χ0) is 23.5. The molecule has 0 saturated heterocycles. The molecular weight excluding hydrogens is 442 g/mol. The molecule has 0 saturated carbocycles. The highest BCUT2D eigenvalue weighted by molar-refractivity contribution is 7.19. The van der Waals surface area contributed by atoms with Crippen LogP contribution in [0.5, 0.6) is 5.88 Å². The van der Waals surface area contributed by atoms with Gasteiger partial charge in [0, 0.05) is 18.7 Å². The summed E-state index contributed by atoms with van der Waals surface area (Å²) in [6, 6.07) is 10.8. The molecule has 4 rings (SSSR count). The number of nitrogens with one attached hydrogen (secondary N) is 1. The molecule has 0 aliphatic heterocycles. The number of aromatic amines is 1. The van der Waals surface area contributed by atoms with Crippen molar-refractivity contribution in [2.75, 3.05) is 7.11 Å². The van der Waals surface area contributed by atoms with E-state index in [1.54, 1.807) is 44.5 Å². The Morgan fingerprint density at radius 1 is 1.24 bits per heavy atom. The molecule has 0 radical (unpaired) electrons. The number of pyridine rings is 1. The number of nitrogens with zero attached hydrogens (tertiary/aromatic N) is 2. The van der Waals surface area contributed by atoms with Gasteiger partial charge in [0.2, 0.25) is 5.88 Å². The molecule has 0 amide bonds. The molecule has 3 heterocycles. The zero-order valence-corrected chi connectivity index (χ0v) is 18.6. The van der Waals surface area contributed by atoms with Crippen molar-refractivity contribution in [3.05, 3.63) is 91.1 Å². The molecule has 8 nitrogen and oxygen atoms in total. The molecule has 0 spiro atoms. The van der Waals surface area contributed by atoms with Crippen molar-refractivity contribution in [1.29, 1.82) is 0 Å². The Morgan fingerprint density at radius 2 is 2.00 bits per heavy atom. The van der Waals surface area contributed by atoms with E-state index in [4.69, 9.17) is 9.84 Å². The van der Waals surface area contributed by atoms with Crippen LogP contribution in [-0.4, -0.2) is 32.7 Å². The van der Waals surface area contributed by atoms with Gasteiger partial charge in [0.1, 0.15) is 4.83 Å². The average Bonchev–Trinajstić information content (AvgIpc) is 3.22. The normalized spacial score (nSPS) is 11.6. The molecule has 1 unspecified atom stereocenters. The van der Waals surface area contributed by atoms with Gasteiger partial charge >= 0.3 is 11.7 Å². The van der Waals surface area contributed by atoms with Crippen molar-refractivity contribution >= 4 is 27.5 Å². The number of carboxylic acids is 1. The monoisotopic (exact) mass is 461 g/mol. The summed E-state index contributed by atoms with van der Waals surface area (Å²) >= 11 is 1.24. The highest BCUT2D eigenvalue weighted by atomic mass is 32.1. The van der Waals surface area contributed by atoms with Crippen LogP contribution < -0.4 is 16.0 Å². The van der Waals surface area contributed by atoms with Gasteiger partial charge in [-0.15, -0.1) is 11.3 Å². The van der Waals surface area contributed by atoms with E-state index < -0.39 is 23.3 Å². The van der Waals surface area contributed by atoms with E-state index >= 15 is 0 Å². The predicted molar refractivity (Wildman–Crippen MR) is 125 cm³/mol. The van der Waals surface area contributed by atoms with Crippen molar-refractivity contribution < 1.29 is 14.6 Å². The van der Waals surface area contributed by atoms with Gasteiger partial charge in [-0.05, 0) is 42.3 Å². The van der Waals surface area contributed by atoms with E-state index in [9.17, 15) is 14.4 Å². The molecule has 0 bridgehead atoms.